The van der Waals surface area contributed by atoms with Crippen LogP contribution < -0.4 is 10.6 Å². The highest BCUT2D eigenvalue weighted by Crippen LogP contribution is 2.26. The molecule has 0 fully saturated rings. The Kier molecular flexibility index (Phi) is 5.85. The van der Waals surface area contributed by atoms with E-state index in [0.29, 0.717) is 11.3 Å². The molecular weight excluding hydrogens is 453 g/mol. The Labute approximate surface area is 155 Å². The van der Waals surface area contributed by atoms with Gasteiger partial charge in [0.15, 0.2) is 5.11 Å². The Bertz CT molecular complexity index is 801. The number of rotatable bonds is 3. The normalized spacial score (nSPS) is 10.0. The second-order valence-corrected chi connectivity index (χ2v) is 6.40. The smallest absolute Gasteiger partial charge is 0.271 e. The lowest BCUT2D eigenvalue weighted by Gasteiger charge is -2.11. The van der Waals surface area contributed by atoms with Crippen molar-refractivity contribution in [2.24, 2.45) is 0 Å². The van der Waals surface area contributed by atoms with E-state index < -0.39 is 4.92 Å². The minimum Gasteiger partial charge on any atom is -0.331 e. The molecule has 2 aromatic carbocycles. The van der Waals surface area contributed by atoms with Gasteiger partial charge in [0.25, 0.3) is 11.6 Å². The van der Waals surface area contributed by atoms with Crippen LogP contribution in [0.5, 0.6) is 0 Å². The van der Waals surface area contributed by atoms with Crippen LogP contribution in [-0.2, 0) is 0 Å². The summed E-state index contributed by atoms with van der Waals surface area (Å²) in [6, 6.07) is 10.9. The summed E-state index contributed by atoms with van der Waals surface area (Å²) in [4.78, 5) is 22.2. The molecule has 0 spiro atoms. The summed E-state index contributed by atoms with van der Waals surface area (Å²) >= 11 is 13.1. The molecule has 0 radical (unpaired) electrons. The lowest BCUT2D eigenvalue weighted by molar-refractivity contribution is -0.384. The first kappa shape index (κ1) is 17.6. The van der Waals surface area contributed by atoms with Gasteiger partial charge in [0, 0.05) is 21.3 Å². The summed E-state index contributed by atoms with van der Waals surface area (Å²) in [6.07, 6.45) is 0. The molecule has 23 heavy (non-hydrogen) atoms. The van der Waals surface area contributed by atoms with Crippen LogP contribution in [-0.4, -0.2) is 15.9 Å². The minimum absolute atomic E-state index is 0.0459. The molecule has 0 saturated heterocycles. The van der Waals surface area contributed by atoms with Crippen LogP contribution in [0.25, 0.3) is 0 Å². The number of benzene rings is 2. The van der Waals surface area contributed by atoms with Crippen LogP contribution in [0.3, 0.4) is 0 Å². The van der Waals surface area contributed by atoms with E-state index in [4.69, 9.17) is 23.8 Å². The first-order valence-electron chi connectivity index (χ1n) is 6.18. The van der Waals surface area contributed by atoms with Crippen molar-refractivity contribution in [1.29, 1.82) is 0 Å². The van der Waals surface area contributed by atoms with Gasteiger partial charge in [-0.2, -0.15) is 0 Å². The summed E-state index contributed by atoms with van der Waals surface area (Å²) in [5.74, 6) is -0.362. The fourth-order valence-corrected chi connectivity index (χ4v) is 2.65. The van der Waals surface area contributed by atoms with Gasteiger partial charge in [0.1, 0.15) is 0 Å². The van der Waals surface area contributed by atoms with Crippen molar-refractivity contribution in [3.05, 3.63) is 66.7 Å². The number of hydrogen-bond acceptors (Lipinski definition) is 4. The number of nitro benzene ring substituents is 1. The summed E-state index contributed by atoms with van der Waals surface area (Å²) in [5.41, 5.74) is 0.704. The van der Waals surface area contributed by atoms with E-state index in [9.17, 15) is 14.9 Å². The number of non-ortho nitro benzene ring substituents is 1. The van der Waals surface area contributed by atoms with E-state index >= 15 is 0 Å². The SMILES string of the molecule is O=C(NC(=S)Nc1ccc([N+](=O)[O-])cc1Cl)c1cccc(I)c1. The molecule has 0 aliphatic rings. The lowest BCUT2D eigenvalue weighted by atomic mass is 10.2. The summed E-state index contributed by atoms with van der Waals surface area (Å²) < 4.78 is 0.924. The predicted octanol–water partition coefficient (Wildman–Crippen LogP) is 3.98. The Morgan fingerprint density at radius 1 is 1.26 bits per heavy atom. The fourth-order valence-electron chi connectivity index (χ4n) is 1.68. The van der Waals surface area contributed by atoms with Crippen LogP contribution >= 0.6 is 46.4 Å². The molecule has 2 aromatic rings. The molecule has 0 unspecified atom stereocenters. The molecule has 0 saturated carbocycles. The van der Waals surface area contributed by atoms with E-state index in [0.717, 1.165) is 3.57 Å². The zero-order valence-corrected chi connectivity index (χ0v) is 15.1. The number of thiocarbonyl (C=S) groups is 1. The van der Waals surface area contributed by atoms with Gasteiger partial charge in [0.05, 0.1) is 15.6 Å². The first-order chi connectivity index (χ1) is 10.9. The molecule has 118 valence electrons. The Balaban J connectivity index is 2.05. The summed E-state index contributed by atoms with van der Waals surface area (Å²) in [6.45, 7) is 0. The highest BCUT2D eigenvalue weighted by atomic mass is 127. The van der Waals surface area contributed by atoms with Crippen LogP contribution in [0.1, 0.15) is 10.4 Å². The van der Waals surface area contributed by atoms with E-state index in [2.05, 4.69) is 33.2 Å². The largest absolute Gasteiger partial charge is 0.331 e. The van der Waals surface area contributed by atoms with Gasteiger partial charge in [0.2, 0.25) is 0 Å². The summed E-state index contributed by atoms with van der Waals surface area (Å²) in [7, 11) is 0. The molecule has 6 nitrogen and oxygen atoms in total. The van der Waals surface area contributed by atoms with Crippen LogP contribution in [0.4, 0.5) is 11.4 Å². The monoisotopic (exact) mass is 461 g/mol. The topological polar surface area (TPSA) is 84.3 Å². The van der Waals surface area contributed by atoms with Crippen molar-refractivity contribution in [2.45, 2.75) is 0 Å². The van der Waals surface area contributed by atoms with Gasteiger partial charge < -0.3 is 5.32 Å². The number of carbonyl (C=O) groups excluding carboxylic acids is 1. The molecule has 0 atom stereocenters. The van der Waals surface area contributed by atoms with E-state index in [1.54, 1.807) is 18.2 Å². The Hall–Kier alpha value is -1.78. The standard InChI is InChI=1S/C14H9ClIN3O3S/c15-11-7-10(19(21)22)4-5-12(11)17-14(23)18-13(20)8-2-1-3-9(16)6-8/h1-7H,(H2,17,18,20,23). The van der Waals surface area contributed by atoms with Gasteiger partial charge in [-0.25, -0.2) is 0 Å². The van der Waals surface area contributed by atoms with Crippen molar-refractivity contribution in [1.82, 2.24) is 5.32 Å². The Morgan fingerprint density at radius 3 is 2.61 bits per heavy atom. The quantitative estimate of drug-likeness (QED) is 0.313. The lowest BCUT2D eigenvalue weighted by Crippen LogP contribution is -2.34. The highest BCUT2D eigenvalue weighted by Gasteiger charge is 2.12. The number of nitrogens with zero attached hydrogens (tertiary/aromatic N) is 1. The van der Waals surface area contributed by atoms with E-state index in [1.807, 2.05) is 6.07 Å². The number of anilines is 1. The average molecular weight is 462 g/mol. The first-order valence-corrected chi connectivity index (χ1v) is 8.05. The van der Waals surface area contributed by atoms with Crippen LogP contribution in [0.15, 0.2) is 42.5 Å². The molecule has 0 heterocycles. The Morgan fingerprint density at radius 2 is 2.00 bits per heavy atom. The van der Waals surface area contributed by atoms with E-state index in [-0.39, 0.29) is 21.7 Å². The van der Waals surface area contributed by atoms with Gasteiger partial charge in [-0.05, 0) is 59.1 Å². The maximum Gasteiger partial charge on any atom is 0.271 e. The number of nitrogens with one attached hydrogen (secondary N) is 2. The zero-order chi connectivity index (χ0) is 17.0. The second kappa shape index (κ2) is 7.66. The molecule has 2 N–H and O–H groups in total. The maximum atomic E-state index is 12.1. The molecule has 0 aliphatic carbocycles. The molecule has 1 amide bonds. The number of halogens is 2. The average Bonchev–Trinajstić information content (AvgIpc) is 2.49. The predicted molar refractivity (Wildman–Crippen MR) is 101 cm³/mol. The third-order valence-corrected chi connectivity index (χ3v) is 3.91. The van der Waals surface area contributed by atoms with Crippen molar-refractivity contribution in [3.63, 3.8) is 0 Å². The number of amides is 1. The van der Waals surface area contributed by atoms with Crippen molar-refractivity contribution < 1.29 is 9.72 Å². The molecule has 0 aromatic heterocycles. The molecule has 0 aliphatic heterocycles. The highest BCUT2D eigenvalue weighted by molar-refractivity contribution is 14.1. The van der Waals surface area contributed by atoms with Gasteiger partial charge >= 0.3 is 0 Å². The number of hydrogen-bond donors (Lipinski definition) is 2. The van der Waals surface area contributed by atoms with Crippen LogP contribution in [0, 0.1) is 13.7 Å². The van der Waals surface area contributed by atoms with Gasteiger partial charge in [-0.15, -0.1) is 0 Å². The van der Waals surface area contributed by atoms with Gasteiger partial charge in [-0.3, -0.25) is 20.2 Å². The van der Waals surface area contributed by atoms with Crippen LogP contribution in [0.2, 0.25) is 5.02 Å². The van der Waals surface area contributed by atoms with Crippen molar-refractivity contribution >= 4 is 68.8 Å². The third-order valence-electron chi connectivity index (χ3n) is 2.73. The third kappa shape index (κ3) is 4.85. The molecule has 9 heteroatoms. The molecular formula is C14H9ClIN3O3S. The van der Waals surface area contributed by atoms with Gasteiger partial charge in [-0.1, -0.05) is 17.7 Å². The number of carbonyl (C=O) groups is 1. The number of nitro groups is 1. The molecule has 0 bridgehead atoms. The fraction of sp³-hybridized carbons (Fsp3) is 0. The summed E-state index contributed by atoms with van der Waals surface area (Å²) in [5, 5.41) is 16.1. The molecule has 2 rings (SSSR count). The van der Waals surface area contributed by atoms with Crippen molar-refractivity contribution in [2.75, 3.05) is 5.32 Å². The maximum absolute atomic E-state index is 12.1. The second-order valence-electron chi connectivity index (χ2n) is 4.34. The minimum atomic E-state index is -0.549. The van der Waals surface area contributed by atoms with Crippen molar-refractivity contribution in [3.8, 4) is 0 Å². The zero-order valence-electron chi connectivity index (χ0n) is 11.4. The van der Waals surface area contributed by atoms with E-state index in [1.165, 1.54) is 18.2 Å².